The molecule has 1 heteroatoms. The van der Waals surface area contributed by atoms with Crippen molar-refractivity contribution in [3.63, 3.8) is 0 Å². The Hall–Kier alpha value is -0.980. The first kappa shape index (κ1) is 12.1. The summed E-state index contributed by atoms with van der Waals surface area (Å²) in [5.41, 5.74) is 2.68. The van der Waals surface area contributed by atoms with Crippen molar-refractivity contribution < 1.29 is 0 Å². The highest BCUT2D eigenvalue weighted by Crippen LogP contribution is 2.13. The van der Waals surface area contributed by atoms with Gasteiger partial charge in [0, 0.05) is 12.7 Å². The Balaban J connectivity index is 2.24. The number of aryl methyl sites for hydroxylation is 1. The monoisotopic (exact) mass is 205 g/mol. The van der Waals surface area contributed by atoms with Crippen LogP contribution in [0.15, 0.2) is 24.3 Å². The van der Waals surface area contributed by atoms with Crippen molar-refractivity contribution in [3.8, 4) is 0 Å². The molecule has 0 aliphatic heterocycles. The molecule has 15 heavy (non-hydrogen) atoms. The quantitative estimate of drug-likeness (QED) is 0.656. The van der Waals surface area contributed by atoms with Crippen LogP contribution in [0.1, 0.15) is 44.6 Å². The average molecular weight is 205 g/mol. The first-order valence-corrected chi connectivity index (χ1v) is 6.13. The largest absolute Gasteiger partial charge is 0.388 e. The van der Waals surface area contributed by atoms with Crippen molar-refractivity contribution in [1.82, 2.24) is 0 Å². The normalized spacial score (nSPS) is 10.3. The summed E-state index contributed by atoms with van der Waals surface area (Å²) in [6, 6.07) is 8.72. The fraction of sp³-hybridized carbons (Fsp3) is 0.571. The van der Waals surface area contributed by atoms with Crippen LogP contribution >= 0.6 is 0 Å². The van der Waals surface area contributed by atoms with Gasteiger partial charge in [-0.15, -0.1) is 0 Å². The second-order valence-corrected chi connectivity index (χ2v) is 4.11. The lowest BCUT2D eigenvalue weighted by molar-refractivity contribution is 0.632. The molecule has 0 saturated carbocycles. The van der Waals surface area contributed by atoms with Gasteiger partial charge in [0.1, 0.15) is 0 Å². The lowest BCUT2D eigenvalue weighted by Crippen LogP contribution is -1.91. The molecule has 1 rings (SSSR count). The van der Waals surface area contributed by atoms with Crippen molar-refractivity contribution in [2.75, 3.05) is 12.4 Å². The second kappa shape index (κ2) is 7.33. The Labute approximate surface area is 93.9 Å². The smallest absolute Gasteiger partial charge is 0.0340 e. The number of nitrogens with one attached hydrogen (secondary N) is 1. The zero-order valence-electron chi connectivity index (χ0n) is 10.1. The van der Waals surface area contributed by atoms with Gasteiger partial charge in [-0.3, -0.25) is 0 Å². The predicted octanol–water partition coefficient (Wildman–Crippen LogP) is 4.24. The maximum Gasteiger partial charge on any atom is 0.0340 e. The first-order valence-electron chi connectivity index (χ1n) is 6.13. The Morgan fingerprint density at radius 1 is 1.07 bits per heavy atom. The summed E-state index contributed by atoms with van der Waals surface area (Å²) < 4.78 is 0. The molecule has 0 aromatic heterocycles. The van der Waals surface area contributed by atoms with Crippen LogP contribution in [0.25, 0.3) is 0 Å². The highest BCUT2D eigenvalue weighted by molar-refractivity contribution is 5.44. The summed E-state index contributed by atoms with van der Waals surface area (Å²) >= 11 is 0. The van der Waals surface area contributed by atoms with Gasteiger partial charge in [-0.2, -0.15) is 0 Å². The van der Waals surface area contributed by atoms with E-state index in [4.69, 9.17) is 0 Å². The molecule has 0 bridgehead atoms. The molecule has 0 atom stereocenters. The van der Waals surface area contributed by atoms with Crippen molar-refractivity contribution in [2.24, 2.45) is 0 Å². The SMILES string of the molecule is CCCCCCCc1cccc(NC)c1. The number of benzene rings is 1. The summed E-state index contributed by atoms with van der Waals surface area (Å²) in [5, 5.41) is 3.18. The van der Waals surface area contributed by atoms with Crippen LogP contribution in [0.2, 0.25) is 0 Å². The van der Waals surface area contributed by atoms with Crippen molar-refractivity contribution in [2.45, 2.75) is 45.4 Å². The van der Waals surface area contributed by atoms with Crippen molar-refractivity contribution in [3.05, 3.63) is 29.8 Å². The van der Waals surface area contributed by atoms with Gasteiger partial charge in [0.25, 0.3) is 0 Å². The van der Waals surface area contributed by atoms with E-state index in [0.717, 1.165) is 0 Å². The minimum atomic E-state index is 1.22. The number of hydrogen-bond acceptors (Lipinski definition) is 1. The van der Waals surface area contributed by atoms with Gasteiger partial charge in [-0.25, -0.2) is 0 Å². The van der Waals surface area contributed by atoms with E-state index in [1.54, 1.807) is 0 Å². The van der Waals surface area contributed by atoms with Crippen LogP contribution in [0.3, 0.4) is 0 Å². The molecule has 0 heterocycles. The zero-order valence-corrected chi connectivity index (χ0v) is 10.1. The topological polar surface area (TPSA) is 12.0 Å². The molecule has 0 spiro atoms. The molecule has 1 aromatic carbocycles. The van der Waals surface area contributed by atoms with Crippen molar-refractivity contribution in [1.29, 1.82) is 0 Å². The Bertz CT molecular complexity index is 268. The molecule has 0 aliphatic carbocycles. The molecular weight excluding hydrogens is 182 g/mol. The average Bonchev–Trinajstić information content (AvgIpc) is 2.29. The first-order chi connectivity index (χ1) is 7.36. The van der Waals surface area contributed by atoms with Crippen molar-refractivity contribution >= 4 is 5.69 Å². The second-order valence-electron chi connectivity index (χ2n) is 4.11. The van der Waals surface area contributed by atoms with Gasteiger partial charge >= 0.3 is 0 Å². The zero-order chi connectivity index (χ0) is 10.9. The Morgan fingerprint density at radius 3 is 2.60 bits per heavy atom. The highest BCUT2D eigenvalue weighted by atomic mass is 14.8. The maximum absolute atomic E-state index is 3.18. The third-order valence-corrected chi connectivity index (χ3v) is 2.78. The number of rotatable bonds is 7. The summed E-state index contributed by atoms with van der Waals surface area (Å²) in [6.45, 7) is 2.26. The van der Waals surface area contributed by atoms with Crippen LogP contribution in [0.4, 0.5) is 5.69 Å². The van der Waals surface area contributed by atoms with Crippen LogP contribution in [0.5, 0.6) is 0 Å². The molecule has 0 saturated heterocycles. The highest BCUT2D eigenvalue weighted by Gasteiger charge is 1.95. The standard InChI is InChI=1S/C14H23N/c1-3-4-5-6-7-9-13-10-8-11-14(12-13)15-2/h8,10-12,15H,3-7,9H2,1-2H3. The van der Waals surface area contributed by atoms with Gasteiger partial charge in [-0.05, 0) is 30.5 Å². The lowest BCUT2D eigenvalue weighted by atomic mass is 10.1. The van der Waals surface area contributed by atoms with Gasteiger partial charge in [0.15, 0.2) is 0 Å². The van der Waals surface area contributed by atoms with Crippen LogP contribution in [-0.2, 0) is 6.42 Å². The minimum Gasteiger partial charge on any atom is -0.388 e. The molecule has 0 amide bonds. The molecule has 1 N–H and O–H groups in total. The Kier molecular flexibility index (Phi) is 5.91. The lowest BCUT2D eigenvalue weighted by Gasteiger charge is -2.04. The maximum atomic E-state index is 3.18. The number of hydrogen-bond donors (Lipinski definition) is 1. The number of unbranched alkanes of at least 4 members (excludes halogenated alkanes) is 4. The van der Waals surface area contributed by atoms with Gasteiger partial charge in [-0.1, -0.05) is 44.7 Å². The molecule has 1 aromatic rings. The van der Waals surface area contributed by atoms with E-state index >= 15 is 0 Å². The summed E-state index contributed by atoms with van der Waals surface area (Å²) in [6.07, 6.45) is 8.03. The third kappa shape index (κ3) is 4.87. The minimum absolute atomic E-state index is 1.22. The summed E-state index contributed by atoms with van der Waals surface area (Å²) in [4.78, 5) is 0. The van der Waals surface area contributed by atoms with E-state index in [2.05, 4.69) is 36.5 Å². The molecule has 0 aliphatic rings. The molecule has 1 nitrogen and oxygen atoms in total. The predicted molar refractivity (Wildman–Crippen MR) is 68.5 cm³/mol. The fourth-order valence-electron chi connectivity index (χ4n) is 1.82. The Morgan fingerprint density at radius 2 is 1.87 bits per heavy atom. The third-order valence-electron chi connectivity index (χ3n) is 2.78. The van der Waals surface area contributed by atoms with Gasteiger partial charge in [0.2, 0.25) is 0 Å². The fourth-order valence-corrected chi connectivity index (χ4v) is 1.82. The molecule has 0 fully saturated rings. The van der Waals surface area contributed by atoms with Crippen LogP contribution in [0, 0.1) is 0 Å². The summed E-state index contributed by atoms with van der Waals surface area (Å²) in [5.74, 6) is 0. The van der Waals surface area contributed by atoms with Gasteiger partial charge in [0.05, 0.1) is 0 Å². The van der Waals surface area contributed by atoms with E-state index in [9.17, 15) is 0 Å². The van der Waals surface area contributed by atoms with E-state index in [1.807, 2.05) is 7.05 Å². The van der Waals surface area contributed by atoms with E-state index in [-0.39, 0.29) is 0 Å². The molecule has 0 unspecified atom stereocenters. The molecular formula is C14H23N. The van der Waals surface area contributed by atoms with E-state index < -0.39 is 0 Å². The van der Waals surface area contributed by atoms with Crippen LogP contribution in [-0.4, -0.2) is 7.05 Å². The summed E-state index contributed by atoms with van der Waals surface area (Å²) in [7, 11) is 1.97. The number of anilines is 1. The van der Waals surface area contributed by atoms with Crippen LogP contribution < -0.4 is 5.32 Å². The van der Waals surface area contributed by atoms with E-state index in [1.165, 1.54) is 49.8 Å². The van der Waals surface area contributed by atoms with E-state index in [0.29, 0.717) is 0 Å². The van der Waals surface area contributed by atoms with Gasteiger partial charge < -0.3 is 5.32 Å². The molecule has 0 radical (unpaired) electrons. The molecule has 84 valence electrons.